The molecule has 0 fully saturated rings. The smallest absolute Gasteiger partial charge is 0.335 e. The van der Waals surface area contributed by atoms with Gasteiger partial charge in [-0.3, -0.25) is 0 Å². The minimum absolute atomic E-state index is 0.176. The molecule has 0 aromatic carbocycles. The summed E-state index contributed by atoms with van der Waals surface area (Å²) in [6.45, 7) is 3.49. The lowest BCUT2D eigenvalue weighted by atomic mass is 10.1. The highest BCUT2D eigenvalue weighted by Gasteiger charge is 2.27. The molecule has 0 aromatic heterocycles. The van der Waals surface area contributed by atoms with E-state index in [9.17, 15) is 4.79 Å². The summed E-state index contributed by atoms with van der Waals surface area (Å²) in [5.41, 5.74) is -1.09. The molecule has 0 saturated heterocycles. The number of alkyl halides is 2. The van der Waals surface area contributed by atoms with Gasteiger partial charge in [-0.05, 0) is 20.3 Å². The Labute approximate surface area is 88.7 Å². The zero-order valence-corrected chi connectivity index (χ0v) is 10.2. The lowest BCUT2D eigenvalue weighted by molar-refractivity contribution is -0.161. The van der Waals surface area contributed by atoms with E-state index < -0.39 is 11.6 Å². The first-order valence-corrected chi connectivity index (χ1v) is 5.35. The minimum atomic E-state index is -1.09. The summed E-state index contributed by atoms with van der Waals surface area (Å²) in [4.78, 5) is 10.5. The summed E-state index contributed by atoms with van der Waals surface area (Å²) in [6.07, 6.45) is 0.733. The van der Waals surface area contributed by atoms with Crippen LogP contribution >= 0.6 is 31.9 Å². The van der Waals surface area contributed by atoms with Crippen LogP contribution in [0.2, 0.25) is 0 Å². The van der Waals surface area contributed by atoms with Crippen LogP contribution in [-0.2, 0) is 9.53 Å². The Balaban J connectivity index is 3.69. The maximum Gasteiger partial charge on any atom is 0.335 e. The molecule has 0 rings (SSSR count). The van der Waals surface area contributed by atoms with Crippen molar-refractivity contribution in [1.82, 2.24) is 0 Å². The van der Waals surface area contributed by atoms with Gasteiger partial charge in [-0.1, -0.05) is 31.9 Å². The van der Waals surface area contributed by atoms with E-state index >= 15 is 0 Å². The Morgan fingerprint density at radius 3 is 2.42 bits per heavy atom. The summed E-state index contributed by atoms with van der Waals surface area (Å²) in [6, 6.07) is 0. The Morgan fingerprint density at radius 2 is 2.08 bits per heavy atom. The quantitative estimate of drug-likeness (QED) is 0.793. The van der Waals surface area contributed by atoms with Gasteiger partial charge in [0.2, 0.25) is 0 Å². The third kappa shape index (κ3) is 5.11. The molecule has 0 aliphatic heterocycles. The van der Waals surface area contributed by atoms with E-state index in [4.69, 9.17) is 9.84 Å². The molecule has 72 valence electrons. The first-order chi connectivity index (χ1) is 5.36. The molecule has 0 aliphatic carbocycles. The molecule has 5 heteroatoms. The van der Waals surface area contributed by atoms with Crippen molar-refractivity contribution in [2.45, 2.75) is 29.6 Å². The fraction of sp³-hybridized carbons (Fsp3) is 0.857. The normalized spacial score (nSPS) is 12.1. The molecule has 3 nitrogen and oxygen atoms in total. The standard InChI is InChI=1S/C7H12Br2O3/c1-7(2,6(10)11)12-4-3-5(8)9/h5H,3-4H2,1-2H3,(H,10,11). The van der Waals surface area contributed by atoms with E-state index in [1.54, 1.807) is 0 Å². The maximum absolute atomic E-state index is 10.5. The molecule has 0 atom stereocenters. The van der Waals surface area contributed by atoms with Crippen LogP contribution in [-0.4, -0.2) is 27.0 Å². The first-order valence-electron chi connectivity index (χ1n) is 3.52. The van der Waals surface area contributed by atoms with Crippen LogP contribution < -0.4 is 0 Å². The van der Waals surface area contributed by atoms with Crippen molar-refractivity contribution in [3.63, 3.8) is 0 Å². The van der Waals surface area contributed by atoms with Gasteiger partial charge in [0.15, 0.2) is 5.60 Å². The second kappa shape index (κ2) is 5.19. The molecule has 0 saturated carbocycles. The number of carboxylic acid groups (broad SMARTS) is 1. The Bertz CT molecular complexity index is 157. The van der Waals surface area contributed by atoms with Gasteiger partial charge in [0.25, 0.3) is 0 Å². The largest absolute Gasteiger partial charge is 0.479 e. The first kappa shape index (κ1) is 12.4. The van der Waals surface area contributed by atoms with Crippen LogP contribution in [0.1, 0.15) is 20.3 Å². The molecule has 0 bridgehead atoms. The van der Waals surface area contributed by atoms with Gasteiger partial charge < -0.3 is 9.84 Å². The van der Waals surface area contributed by atoms with Crippen molar-refractivity contribution in [2.24, 2.45) is 0 Å². The van der Waals surface area contributed by atoms with Crippen LogP contribution in [0, 0.1) is 0 Å². The molecule has 0 radical (unpaired) electrons. The zero-order valence-electron chi connectivity index (χ0n) is 7.01. The Morgan fingerprint density at radius 1 is 1.58 bits per heavy atom. The number of carbonyl (C=O) groups is 1. The molecule has 12 heavy (non-hydrogen) atoms. The van der Waals surface area contributed by atoms with Crippen molar-refractivity contribution >= 4 is 37.8 Å². The predicted molar refractivity (Wildman–Crippen MR) is 53.9 cm³/mol. The van der Waals surface area contributed by atoms with Crippen LogP contribution in [0.5, 0.6) is 0 Å². The molecule has 0 aromatic rings. The van der Waals surface area contributed by atoms with Gasteiger partial charge in [-0.15, -0.1) is 0 Å². The SMILES string of the molecule is CC(C)(OCCC(Br)Br)C(=O)O. The van der Waals surface area contributed by atoms with Crippen molar-refractivity contribution in [2.75, 3.05) is 6.61 Å². The summed E-state index contributed by atoms with van der Waals surface area (Å²) in [5, 5.41) is 8.66. The molecule has 0 amide bonds. The number of carboxylic acids is 1. The van der Waals surface area contributed by atoms with E-state index in [2.05, 4.69) is 31.9 Å². The average molecular weight is 304 g/mol. The third-order valence-electron chi connectivity index (χ3n) is 1.31. The summed E-state index contributed by atoms with van der Waals surface area (Å²) < 4.78 is 5.32. The van der Waals surface area contributed by atoms with Crippen LogP contribution in [0.3, 0.4) is 0 Å². The van der Waals surface area contributed by atoms with Gasteiger partial charge in [-0.2, -0.15) is 0 Å². The average Bonchev–Trinajstić information content (AvgIpc) is 1.85. The van der Waals surface area contributed by atoms with E-state index in [1.807, 2.05) is 0 Å². The zero-order chi connectivity index (χ0) is 9.78. The number of halogens is 2. The van der Waals surface area contributed by atoms with E-state index in [0.717, 1.165) is 6.42 Å². The van der Waals surface area contributed by atoms with Crippen LogP contribution in [0.15, 0.2) is 0 Å². The van der Waals surface area contributed by atoms with Crippen molar-refractivity contribution < 1.29 is 14.6 Å². The molecule has 0 heterocycles. The molecular formula is C7H12Br2O3. The Kier molecular flexibility index (Phi) is 5.36. The van der Waals surface area contributed by atoms with Crippen LogP contribution in [0.25, 0.3) is 0 Å². The summed E-state index contributed by atoms with van der Waals surface area (Å²) in [7, 11) is 0. The van der Waals surface area contributed by atoms with E-state index in [1.165, 1.54) is 13.8 Å². The third-order valence-corrected chi connectivity index (χ3v) is 2.23. The Hall–Kier alpha value is 0.390. The number of aliphatic carboxylic acids is 1. The molecule has 0 unspecified atom stereocenters. The summed E-state index contributed by atoms with van der Waals surface area (Å²) in [5.74, 6) is -0.941. The number of ether oxygens (including phenoxy) is 1. The maximum atomic E-state index is 10.5. The fourth-order valence-electron chi connectivity index (χ4n) is 0.465. The molecule has 1 N–H and O–H groups in total. The molecular weight excluding hydrogens is 292 g/mol. The van der Waals surface area contributed by atoms with Gasteiger partial charge in [0.1, 0.15) is 0 Å². The van der Waals surface area contributed by atoms with Gasteiger partial charge in [0.05, 0.1) is 3.74 Å². The van der Waals surface area contributed by atoms with E-state index in [0.29, 0.717) is 6.61 Å². The molecule has 0 spiro atoms. The highest BCUT2D eigenvalue weighted by Crippen LogP contribution is 2.15. The predicted octanol–water partition coefficient (Wildman–Crippen LogP) is 2.37. The van der Waals surface area contributed by atoms with Gasteiger partial charge >= 0.3 is 5.97 Å². The minimum Gasteiger partial charge on any atom is -0.479 e. The van der Waals surface area contributed by atoms with Crippen molar-refractivity contribution in [3.05, 3.63) is 0 Å². The van der Waals surface area contributed by atoms with Crippen LogP contribution in [0.4, 0.5) is 0 Å². The second-order valence-corrected chi connectivity index (χ2v) is 6.28. The fourth-order valence-corrected chi connectivity index (χ4v) is 0.839. The van der Waals surface area contributed by atoms with Gasteiger partial charge in [0, 0.05) is 6.61 Å². The number of hydrogen-bond donors (Lipinski definition) is 1. The lowest BCUT2D eigenvalue weighted by Crippen LogP contribution is -2.35. The van der Waals surface area contributed by atoms with Crippen molar-refractivity contribution in [3.8, 4) is 0 Å². The number of rotatable bonds is 5. The topological polar surface area (TPSA) is 46.5 Å². The highest BCUT2D eigenvalue weighted by atomic mass is 79.9. The van der Waals surface area contributed by atoms with Gasteiger partial charge in [-0.25, -0.2) is 4.79 Å². The second-order valence-electron chi connectivity index (χ2n) is 2.84. The van der Waals surface area contributed by atoms with Crippen molar-refractivity contribution in [1.29, 1.82) is 0 Å². The highest BCUT2D eigenvalue weighted by molar-refractivity contribution is 9.24. The lowest BCUT2D eigenvalue weighted by Gasteiger charge is -2.19. The van der Waals surface area contributed by atoms with E-state index in [-0.39, 0.29) is 3.74 Å². The monoisotopic (exact) mass is 302 g/mol. The molecule has 0 aliphatic rings. The summed E-state index contributed by atoms with van der Waals surface area (Å²) >= 11 is 6.54. The number of hydrogen-bond acceptors (Lipinski definition) is 2.